The van der Waals surface area contributed by atoms with Gasteiger partial charge in [-0.2, -0.15) is 5.26 Å². The van der Waals surface area contributed by atoms with Gasteiger partial charge in [0.05, 0.1) is 5.69 Å². The van der Waals surface area contributed by atoms with Crippen LogP contribution in [0, 0.1) is 18.3 Å². The zero-order valence-corrected chi connectivity index (χ0v) is 15.6. The molecule has 1 aromatic heterocycles. The molecule has 1 N–H and O–H groups in total. The lowest BCUT2D eigenvalue weighted by molar-refractivity contribution is 1.36. The summed E-state index contributed by atoms with van der Waals surface area (Å²) in [7, 11) is 0. The Hall–Kier alpha value is -3.42. The van der Waals surface area contributed by atoms with Gasteiger partial charge in [0, 0.05) is 28.2 Å². The number of benzene rings is 3. The maximum atomic E-state index is 9.60. The number of hydrogen-bond donors (Lipinski definition) is 1. The molecule has 4 rings (SSSR count). The Morgan fingerprint density at radius 1 is 1.04 bits per heavy atom. The molecule has 0 bridgehead atoms. The molecule has 4 aromatic rings. The van der Waals surface area contributed by atoms with E-state index in [9.17, 15) is 5.26 Å². The van der Waals surface area contributed by atoms with Gasteiger partial charge >= 0.3 is 0 Å². The van der Waals surface area contributed by atoms with Crippen molar-refractivity contribution in [3.05, 3.63) is 88.9 Å². The molecule has 0 spiro atoms. The van der Waals surface area contributed by atoms with E-state index < -0.39 is 0 Å². The molecule has 0 aliphatic heterocycles. The molecule has 3 nitrogen and oxygen atoms in total. The van der Waals surface area contributed by atoms with Gasteiger partial charge in [-0.05, 0) is 18.4 Å². The van der Waals surface area contributed by atoms with Crippen molar-refractivity contribution in [3.8, 4) is 17.3 Å². The number of allylic oxidation sites excluding steroid dienone is 1. The normalized spacial score (nSPS) is 11.3. The highest BCUT2D eigenvalue weighted by Crippen LogP contribution is 2.27. The van der Waals surface area contributed by atoms with Crippen LogP contribution >= 0.6 is 11.3 Å². The van der Waals surface area contributed by atoms with E-state index >= 15 is 0 Å². The SMILES string of the molecule is Cc1ccc(-c2csc(C(C#N)=CNc3cccc4ccccc34)n2)cc1. The molecule has 0 saturated heterocycles. The number of anilines is 1. The second kappa shape index (κ2) is 7.45. The van der Waals surface area contributed by atoms with Crippen LogP contribution in [0.3, 0.4) is 0 Å². The Balaban J connectivity index is 1.62. The molecule has 0 amide bonds. The first-order valence-electron chi connectivity index (χ1n) is 8.62. The van der Waals surface area contributed by atoms with Crippen molar-refractivity contribution in [2.45, 2.75) is 6.92 Å². The third kappa shape index (κ3) is 3.59. The number of rotatable bonds is 4. The summed E-state index contributed by atoms with van der Waals surface area (Å²) in [5.41, 5.74) is 4.65. The minimum Gasteiger partial charge on any atom is -0.360 e. The Kier molecular flexibility index (Phi) is 4.69. The predicted molar refractivity (Wildman–Crippen MR) is 113 cm³/mol. The van der Waals surface area contributed by atoms with Gasteiger partial charge in [-0.15, -0.1) is 11.3 Å². The molecule has 0 atom stereocenters. The second-order valence-electron chi connectivity index (χ2n) is 6.24. The molecular formula is C23H17N3S. The number of fused-ring (bicyclic) bond motifs is 1. The molecule has 4 heteroatoms. The number of aryl methyl sites for hydroxylation is 1. The molecule has 0 aliphatic rings. The van der Waals surface area contributed by atoms with E-state index in [0.717, 1.165) is 27.7 Å². The predicted octanol–water partition coefficient (Wildman–Crippen LogP) is 6.25. The monoisotopic (exact) mass is 367 g/mol. The average Bonchev–Trinajstić information content (AvgIpc) is 3.19. The summed E-state index contributed by atoms with van der Waals surface area (Å²) in [4.78, 5) is 4.64. The van der Waals surface area contributed by atoms with E-state index in [0.29, 0.717) is 10.6 Å². The van der Waals surface area contributed by atoms with Gasteiger partial charge in [0.1, 0.15) is 16.6 Å². The molecule has 0 unspecified atom stereocenters. The van der Waals surface area contributed by atoms with Crippen LogP contribution in [0.1, 0.15) is 10.6 Å². The van der Waals surface area contributed by atoms with E-state index in [2.05, 4.69) is 65.8 Å². The zero-order valence-electron chi connectivity index (χ0n) is 14.8. The number of hydrogen-bond acceptors (Lipinski definition) is 4. The molecule has 130 valence electrons. The lowest BCUT2D eigenvalue weighted by Gasteiger charge is -2.06. The van der Waals surface area contributed by atoms with Crippen LogP contribution in [-0.4, -0.2) is 4.98 Å². The van der Waals surface area contributed by atoms with Crippen molar-refractivity contribution in [1.82, 2.24) is 4.98 Å². The van der Waals surface area contributed by atoms with Gasteiger partial charge in [-0.3, -0.25) is 0 Å². The fourth-order valence-corrected chi connectivity index (χ4v) is 3.69. The molecule has 0 aliphatic carbocycles. The molecule has 1 heterocycles. The van der Waals surface area contributed by atoms with E-state index in [1.807, 2.05) is 29.6 Å². The van der Waals surface area contributed by atoms with Crippen molar-refractivity contribution in [2.75, 3.05) is 5.32 Å². The standard InChI is InChI=1S/C23H17N3S/c1-16-9-11-18(12-10-16)22-15-27-23(26-22)19(13-24)14-25-21-8-4-6-17-5-2-3-7-20(17)21/h2-12,14-15,25H,1H3. The Morgan fingerprint density at radius 3 is 2.63 bits per heavy atom. The summed E-state index contributed by atoms with van der Waals surface area (Å²) in [6.45, 7) is 2.06. The first kappa shape index (κ1) is 17.0. The van der Waals surface area contributed by atoms with Crippen molar-refractivity contribution >= 4 is 33.4 Å². The summed E-state index contributed by atoms with van der Waals surface area (Å²) in [6, 6.07) is 24.8. The number of thiazole rings is 1. The van der Waals surface area contributed by atoms with Crippen LogP contribution in [0.25, 0.3) is 27.6 Å². The van der Waals surface area contributed by atoms with E-state index in [-0.39, 0.29) is 0 Å². The fraction of sp³-hybridized carbons (Fsp3) is 0.0435. The maximum Gasteiger partial charge on any atom is 0.136 e. The Bertz CT molecular complexity index is 1160. The Labute approximate surface area is 162 Å². The second-order valence-corrected chi connectivity index (χ2v) is 7.10. The van der Waals surface area contributed by atoms with E-state index in [4.69, 9.17) is 0 Å². The lowest BCUT2D eigenvalue weighted by atomic mass is 10.1. The van der Waals surface area contributed by atoms with Gasteiger partial charge in [-0.25, -0.2) is 4.98 Å². The summed E-state index contributed by atoms with van der Waals surface area (Å²) >= 11 is 1.48. The molecule has 0 fully saturated rings. The summed E-state index contributed by atoms with van der Waals surface area (Å²) in [6.07, 6.45) is 1.74. The molecule has 27 heavy (non-hydrogen) atoms. The van der Waals surface area contributed by atoms with Crippen molar-refractivity contribution in [1.29, 1.82) is 5.26 Å². The first-order chi connectivity index (χ1) is 13.2. The van der Waals surface area contributed by atoms with Crippen LogP contribution in [0.4, 0.5) is 5.69 Å². The van der Waals surface area contributed by atoms with Crippen LogP contribution in [-0.2, 0) is 0 Å². The Morgan fingerprint density at radius 2 is 1.81 bits per heavy atom. The zero-order chi connectivity index (χ0) is 18.6. The topological polar surface area (TPSA) is 48.7 Å². The molecular weight excluding hydrogens is 350 g/mol. The highest BCUT2D eigenvalue weighted by molar-refractivity contribution is 7.11. The van der Waals surface area contributed by atoms with Gasteiger partial charge in [-0.1, -0.05) is 66.2 Å². The average molecular weight is 367 g/mol. The van der Waals surface area contributed by atoms with E-state index in [1.165, 1.54) is 16.9 Å². The summed E-state index contributed by atoms with van der Waals surface area (Å²) in [5, 5.41) is 17.8. The van der Waals surface area contributed by atoms with Crippen molar-refractivity contribution in [2.24, 2.45) is 0 Å². The summed E-state index contributed by atoms with van der Waals surface area (Å²) in [5.74, 6) is 0. The van der Waals surface area contributed by atoms with E-state index in [1.54, 1.807) is 6.20 Å². The first-order valence-corrected chi connectivity index (χ1v) is 9.50. The van der Waals surface area contributed by atoms with Gasteiger partial charge < -0.3 is 5.32 Å². The maximum absolute atomic E-state index is 9.60. The number of aromatic nitrogens is 1. The lowest BCUT2D eigenvalue weighted by Crippen LogP contribution is -1.92. The van der Waals surface area contributed by atoms with Crippen LogP contribution in [0.15, 0.2) is 78.3 Å². The number of nitrogens with zero attached hydrogens (tertiary/aromatic N) is 2. The largest absolute Gasteiger partial charge is 0.360 e. The smallest absolute Gasteiger partial charge is 0.136 e. The van der Waals surface area contributed by atoms with Crippen molar-refractivity contribution < 1.29 is 0 Å². The minimum absolute atomic E-state index is 0.520. The molecule has 0 radical (unpaired) electrons. The number of nitriles is 1. The molecule has 0 saturated carbocycles. The fourth-order valence-electron chi connectivity index (χ4n) is 2.90. The minimum atomic E-state index is 0.520. The molecule has 3 aromatic carbocycles. The number of nitrogens with one attached hydrogen (secondary N) is 1. The highest BCUT2D eigenvalue weighted by atomic mass is 32.1. The van der Waals surface area contributed by atoms with Gasteiger partial charge in [0.15, 0.2) is 0 Å². The highest BCUT2D eigenvalue weighted by Gasteiger charge is 2.09. The van der Waals surface area contributed by atoms with Gasteiger partial charge in [0.2, 0.25) is 0 Å². The quantitative estimate of drug-likeness (QED) is 0.434. The van der Waals surface area contributed by atoms with Crippen LogP contribution in [0.5, 0.6) is 0 Å². The van der Waals surface area contributed by atoms with Crippen LogP contribution in [0.2, 0.25) is 0 Å². The third-order valence-electron chi connectivity index (χ3n) is 4.36. The summed E-state index contributed by atoms with van der Waals surface area (Å²) < 4.78 is 0. The van der Waals surface area contributed by atoms with Gasteiger partial charge in [0.25, 0.3) is 0 Å². The van der Waals surface area contributed by atoms with Crippen LogP contribution < -0.4 is 5.32 Å². The van der Waals surface area contributed by atoms with Crippen molar-refractivity contribution in [3.63, 3.8) is 0 Å². The third-order valence-corrected chi connectivity index (χ3v) is 5.24.